The lowest BCUT2D eigenvalue weighted by Crippen LogP contribution is -2.38. The standard InChI is InChI=1S/C17H19N3O2S/c1-2-7-18-17(21)13-5-6-16(19-11-13)20-8-9-22-14(12-20)15-4-3-10-23-15/h2-6,10-11,14H,1,7-9,12H2,(H,18,21). The molecule has 0 aliphatic carbocycles. The first kappa shape index (κ1) is 15.7. The molecule has 6 heteroatoms. The molecule has 1 unspecified atom stereocenters. The van der Waals surface area contributed by atoms with Crippen molar-refractivity contribution in [1.29, 1.82) is 0 Å². The Morgan fingerprint density at radius 1 is 1.52 bits per heavy atom. The number of hydrogen-bond donors (Lipinski definition) is 1. The number of anilines is 1. The summed E-state index contributed by atoms with van der Waals surface area (Å²) in [6, 6.07) is 7.83. The molecule has 1 atom stereocenters. The zero-order valence-corrected chi connectivity index (χ0v) is 13.6. The molecule has 1 saturated heterocycles. The summed E-state index contributed by atoms with van der Waals surface area (Å²) in [6.45, 7) is 6.28. The van der Waals surface area contributed by atoms with Gasteiger partial charge < -0.3 is 15.0 Å². The fraction of sp³-hybridized carbons (Fsp3) is 0.294. The number of rotatable bonds is 5. The summed E-state index contributed by atoms with van der Waals surface area (Å²) in [6.07, 6.45) is 3.35. The van der Waals surface area contributed by atoms with Gasteiger partial charge in [0.15, 0.2) is 0 Å². The molecule has 0 spiro atoms. The number of carbonyl (C=O) groups is 1. The lowest BCUT2D eigenvalue weighted by Gasteiger charge is -2.33. The number of nitrogens with zero attached hydrogens (tertiary/aromatic N) is 2. The third-order valence-corrected chi connectivity index (χ3v) is 4.63. The van der Waals surface area contributed by atoms with Gasteiger partial charge in [0, 0.05) is 24.2 Å². The van der Waals surface area contributed by atoms with Crippen LogP contribution in [0.15, 0.2) is 48.5 Å². The Morgan fingerprint density at radius 3 is 3.13 bits per heavy atom. The SMILES string of the molecule is C=CCNC(=O)c1ccc(N2CCOC(c3cccs3)C2)nc1. The zero-order chi connectivity index (χ0) is 16.1. The molecule has 1 amide bonds. The molecule has 2 aromatic rings. The van der Waals surface area contributed by atoms with Crippen LogP contribution in [0.4, 0.5) is 5.82 Å². The number of ether oxygens (including phenoxy) is 1. The molecule has 1 N–H and O–H groups in total. The molecule has 3 heterocycles. The maximum atomic E-state index is 11.9. The molecule has 1 fully saturated rings. The third kappa shape index (κ3) is 3.78. The molecular formula is C17H19N3O2S. The van der Waals surface area contributed by atoms with Crippen LogP contribution < -0.4 is 10.2 Å². The molecule has 0 aromatic carbocycles. The van der Waals surface area contributed by atoms with E-state index in [1.807, 2.05) is 12.1 Å². The molecular weight excluding hydrogens is 310 g/mol. The van der Waals surface area contributed by atoms with Crippen LogP contribution in [0.3, 0.4) is 0 Å². The number of nitrogens with one attached hydrogen (secondary N) is 1. The molecule has 0 bridgehead atoms. The van der Waals surface area contributed by atoms with Crippen molar-refractivity contribution < 1.29 is 9.53 Å². The number of thiophene rings is 1. The second-order valence-corrected chi connectivity index (χ2v) is 6.20. The van der Waals surface area contributed by atoms with E-state index in [0.717, 1.165) is 18.9 Å². The van der Waals surface area contributed by atoms with Gasteiger partial charge in [-0.05, 0) is 23.6 Å². The Labute approximate surface area is 139 Å². The minimum Gasteiger partial charge on any atom is -0.369 e. The topological polar surface area (TPSA) is 54.5 Å². The van der Waals surface area contributed by atoms with E-state index in [0.29, 0.717) is 18.7 Å². The van der Waals surface area contributed by atoms with Crippen LogP contribution in [0.1, 0.15) is 21.3 Å². The van der Waals surface area contributed by atoms with Crippen molar-refractivity contribution in [2.24, 2.45) is 0 Å². The van der Waals surface area contributed by atoms with E-state index >= 15 is 0 Å². The van der Waals surface area contributed by atoms with Crippen LogP contribution in [0.5, 0.6) is 0 Å². The van der Waals surface area contributed by atoms with E-state index in [1.165, 1.54) is 4.88 Å². The van der Waals surface area contributed by atoms with Gasteiger partial charge in [-0.3, -0.25) is 4.79 Å². The monoisotopic (exact) mass is 329 g/mol. The van der Waals surface area contributed by atoms with Crippen LogP contribution >= 0.6 is 11.3 Å². The van der Waals surface area contributed by atoms with Gasteiger partial charge in [0.2, 0.25) is 0 Å². The number of morpholine rings is 1. The average Bonchev–Trinajstić information content (AvgIpc) is 3.14. The van der Waals surface area contributed by atoms with Gasteiger partial charge in [-0.15, -0.1) is 17.9 Å². The summed E-state index contributed by atoms with van der Waals surface area (Å²) >= 11 is 1.71. The van der Waals surface area contributed by atoms with E-state index in [2.05, 4.69) is 33.2 Å². The minimum atomic E-state index is -0.137. The summed E-state index contributed by atoms with van der Waals surface area (Å²) in [5.74, 6) is 0.734. The Bertz CT molecular complexity index is 655. The molecule has 0 radical (unpaired) electrons. The summed E-state index contributed by atoms with van der Waals surface area (Å²) in [5.41, 5.74) is 0.554. The van der Waals surface area contributed by atoms with Crippen LogP contribution in [-0.4, -0.2) is 37.1 Å². The predicted molar refractivity (Wildman–Crippen MR) is 92.0 cm³/mol. The molecule has 0 saturated carbocycles. The van der Waals surface area contributed by atoms with Crippen molar-refractivity contribution in [3.63, 3.8) is 0 Å². The van der Waals surface area contributed by atoms with Gasteiger partial charge in [-0.25, -0.2) is 4.98 Å². The van der Waals surface area contributed by atoms with Gasteiger partial charge in [0.25, 0.3) is 5.91 Å². The first-order valence-corrected chi connectivity index (χ1v) is 8.41. The highest BCUT2D eigenvalue weighted by atomic mass is 32.1. The lowest BCUT2D eigenvalue weighted by molar-refractivity contribution is 0.0418. The van der Waals surface area contributed by atoms with Crippen LogP contribution in [0, 0.1) is 0 Å². The minimum absolute atomic E-state index is 0.0844. The Hall–Kier alpha value is -2.18. The number of hydrogen-bond acceptors (Lipinski definition) is 5. The van der Waals surface area contributed by atoms with Crippen molar-refractivity contribution >= 4 is 23.1 Å². The fourth-order valence-corrected chi connectivity index (χ4v) is 3.24. The van der Waals surface area contributed by atoms with E-state index < -0.39 is 0 Å². The van der Waals surface area contributed by atoms with E-state index in [-0.39, 0.29) is 12.0 Å². The largest absolute Gasteiger partial charge is 0.369 e. The third-order valence-electron chi connectivity index (χ3n) is 3.67. The maximum Gasteiger partial charge on any atom is 0.253 e. The highest BCUT2D eigenvalue weighted by Gasteiger charge is 2.23. The number of amides is 1. The zero-order valence-electron chi connectivity index (χ0n) is 12.8. The number of carbonyl (C=O) groups excluding carboxylic acids is 1. The molecule has 3 rings (SSSR count). The van der Waals surface area contributed by atoms with E-state index in [9.17, 15) is 4.79 Å². The van der Waals surface area contributed by atoms with Crippen molar-refractivity contribution in [3.8, 4) is 0 Å². The molecule has 23 heavy (non-hydrogen) atoms. The molecule has 1 aliphatic rings. The van der Waals surface area contributed by atoms with Crippen molar-refractivity contribution in [2.75, 3.05) is 31.1 Å². The first-order valence-electron chi connectivity index (χ1n) is 7.53. The second kappa shape index (κ2) is 7.39. The fourth-order valence-electron chi connectivity index (χ4n) is 2.48. The lowest BCUT2D eigenvalue weighted by atomic mass is 10.2. The highest BCUT2D eigenvalue weighted by molar-refractivity contribution is 7.10. The van der Waals surface area contributed by atoms with Gasteiger partial charge in [0.1, 0.15) is 11.9 Å². The summed E-state index contributed by atoms with van der Waals surface area (Å²) in [4.78, 5) is 19.7. The Morgan fingerprint density at radius 2 is 2.43 bits per heavy atom. The van der Waals surface area contributed by atoms with E-state index in [1.54, 1.807) is 29.7 Å². The molecule has 2 aromatic heterocycles. The van der Waals surface area contributed by atoms with Crippen molar-refractivity contribution in [3.05, 3.63) is 58.9 Å². The van der Waals surface area contributed by atoms with Crippen LogP contribution in [-0.2, 0) is 4.74 Å². The van der Waals surface area contributed by atoms with Gasteiger partial charge in [0.05, 0.1) is 18.7 Å². The van der Waals surface area contributed by atoms with Gasteiger partial charge in [-0.2, -0.15) is 0 Å². The highest BCUT2D eigenvalue weighted by Crippen LogP contribution is 2.28. The normalized spacial score (nSPS) is 17.7. The summed E-state index contributed by atoms with van der Waals surface area (Å²) in [7, 11) is 0. The first-order chi connectivity index (χ1) is 11.3. The van der Waals surface area contributed by atoms with Crippen molar-refractivity contribution in [2.45, 2.75) is 6.10 Å². The van der Waals surface area contributed by atoms with E-state index in [4.69, 9.17) is 4.74 Å². The van der Waals surface area contributed by atoms with Gasteiger partial charge in [-0.1, -0.05) is 12.1 Å². The maximum absolute atomic E-state index is 11.9. The summed E-state index contributed by atoms with van der Waals surface area (Å²) in [5, 5.41) is 4.81. The molecule has 120 valence electrons. The van der Waals surface area contributed by atoms with Crippen LogP contribution in [0.25, 0.3) is 0 Å². The van der Waals surface area contributed by atoms with Gasteiger partial charge >= 0.3 is 0 Å². The van der Waals surface area contributed by atoms with Crippen LogP contribution in [0.2, 0.25) is 0 Å². The number of pyridine rings is 1. The Balaban J connectivity index is 1.67. The average molecular weight is 329 g/mol. The smallest absolute Gasteiger partial charge is 0.253 e. The predicted octanol–water partition coefficient (Wildman–Crippen LogP) is 2.64. The Kier molecular flexibility index (Phi) is 5.05. The molecule has 5 nitrogen and oxygen atoms in total. The van der Waals surface area contributed by atoms with Crippen molar-refractivity contribution in [1.82, 2.24) is 10.3 Å². The number of aromatic nitrogens is 1. The summed E-state index contributed by atoms with van der Waals surface area (Å²) < 4.78 is 5.85. The molecule has 1 aliphatic heterocycles. The second-order valence-electron chi connectivity index (χ2n) is 5.22. The quantitative estimate of drug-likeness (QED) is 0.857.